The molecule has 3 nitrogen and oxygen atoms in total. The van der Waals surface area contributed by atoms with Gasteiger partial charge < -0.3 is 10.1 Å². The number of rotatable bonds is 6. The fourth-order valence-corrected chi connectivity index (χ4v) is 2.70. The van der Waals surface area contributed by atoms with Crippen molar-refractivity contribution < 1.29 is 9.59 Å². The van der Waals surface area contributed by atoms with Crippen LogP contribution in [0.2, 0.25) is 0 Å². The maximum atomic E-state index is 12.4. The molecule has 0 unspecified atom stereocenters. The van der Waals surface area contributed by atoms with E-state index >= 15 is 0 Å². The third-order valence-electron chi connectivity index (χ3n) is 4.03. The average molecular weight is 329 g/mol. The number of carbonyl (C=O) groups is 2. The van der Waals surface area contributed by atoms with Gasteiger partial charge in [-0.25, -0.2) is 0 Å². The summed E-state index contributed by atoms with van der Waals surface area (Å²) in [6, 6.07) is 26.5. The summed E-state index contributed by atoms with van der Waals surface area (Å²) >= 11 is 0. The van der Waals surface area contributed by atoms with E-state index in [0.29, 0.717) is 12.0 Å². The van der Waals surface area contributed by atoms with Crippen LogP contribution >= 0.6 is 0 Å². The van der Waals surface area contributed by atoms with Gasteiger partial charge in [0, 0.05) is 5.56 Å². The van der Waals surface area contributed by atoms with Gasteiger partial charge in [-0.1, -0.05) is 72.8 Å². The minimum atomic E-state index is -0.538. The van der Waals surface area contributed by atoms with Gasteiger partial charge in [0.15, 0.2) is 0 Å². The standard InChI is InChI=1S/C22H19NO2/c24-16-21(15-17-7-3-1-4-8-17)23-22(25)20-13-11-19(12-14-20)18-9-5-2-6-10-18/h1-14,16,21H,15H2,(H,23,25)/t21-/m0/s1. The van der Waals surface area contributed by atoms with E-state index in [1.165, 1.54) is 0 Å². The van der Waals surface area contributed by atoms with Gasteiger partial charge >= 0.3 is 0 Å². The number of carbonyl (C=O) groups excluding carboxylic acids is 2. The summed E-state index contributed by atoms with van der Waals surface area (Å²) in [5.41, 5.74) is 3.71. The second-order valence-electron chi connectivity index (χ2n) is 5.85. The predicted octanol–water partition coefficient (Wildman–Crippen LogP) is 3.89. The number of hydrogen-bond donors (Lipinski definition) is 1. The highest BCUT2D eigenvalue weighted by atomic mass is 16.2. The van der Waals surface area contributed by atoms with Gasteiger partial charge in [-0.2, -0.15) is 0 Å². The Bertz CT molecular complexity index is 827. The van der Waals surface area contributed by atoms with Crippen LogP contribution in [-0.2, 0) is 11.2 Å². The van der Waals surface area contributed by atoms with Crippen molar-refractivity contribution in [2.45, 2.75) is 12.5 Å². The van der Waals surface area contributed by atoms with Crippen molar-refractivity contribution in [1.29, 1.82) is 0 Å². The average Bonchev–Trinajstić information content (AvgIpc) is 2.69. The molecule has 0 aliphatic carbocycles. The maximum Gasteiger partial charge on any atom is 0.251 e. The lowest BCUT2D eigenvalue weighted by molar-refractivity contribution is -0.109. The molecule has 0 bridgehead atoms. The summed E-state index contributed by atoms with van der Waals surface area (Å²) in [5.74, 6) is -0.243. The van der Waals surface area contributed by atoms with Gasteiger partial charge in [0.2, 0.25) is 0 Å². The van der Waals surface area contributed by atoms with E-state index in [0.717, 1.165) is 23.0 Å². The van der Waals surface area contributed by atoms with Crippen LogP contribution in [0.4, 0.5) is 0 Å². The summed E-state index contributed by atoms with van der Waals surface area (Å²) in [4.78, 5) is 23.7. The number of hydrogen-bond acceptors (Lipinski definition) is 2. The number of amides is 1. The van der Waals surface area contributed by atoms with Crippen LogP contribution < -0.4 is 5.32 Å². The molecule has 0 heterocycles. The van der Waals surface area contributed by atoms with Crippen molar-refractivity contribution in [3.8, 4) is 11.1 Å². The van der Waals surface area contributed by atoms with Crippen LogP contribution in [0.5, 0.6) is 0 Å². The van der Waals surface area contributed by atoms with E-state index in [9.17, 15) is 9.59 Å². The predicted molar refractivity (Wildman–Crippen MR) is 99.3 cm³/mol. The van der Waals surface area contributed by atoms with E-state index in [1.54, 1.807) is 12.1 Å². The third-order valence-corrected chi connectivity index (χ3v) is 4.03. The zero-order valence-electron chi connectivity index (χ0n) is 13.8. The number of aldehydes is 1. The SMILES string of the molecule is O=C[C@H](Cc1ccccc1)NC(=O)c1ccc(-c2ccccc2)cc1. The van der Waals surface area contributed by atoms with Gasteiger partial charge in [0.1, 0.15) is 6.29 Å². The highest BCUT2D eigenvalue weighted by molar-refractivity contribution is 5.96. The minimum absolute atomic E-state index is 0.243. The summed E-state index contributed by atoms with van der Waals surface area (Å²) in [5, 5.41) is 2.78. The molecule has 0 aromatic heterocycles. The van der Waals surface area contributed by atoms with Crippen LogP contribution in [0, 0.1) is 0 Å². The first kappa shape index (κ1) is 16.7. The summed E-state index contributed by atoms with van der Waals surface area (Å²) in [7, 11) is 0. The fraction of sp³-hybridized carbons (Fsp3) is 0.0909. The first-order valence-corrected chi connectivity index (χ1v) is 8.22. The molecule has 0 aliphatic heterocycles. The Morgan fingerprint density at radius 3 is 1.96 bits per heavy atom. The molecule has 0 saturated carbocycles. The Morgan fingerprint density at radius 1 is 0.800 bits per heavy atom. The van der Waals surface area contributed by atoms with Crippen molar-refractivity contribution in [2.75, 3.05) is 0 Å². The molecular formula is C22H19NO2. The topological polar surface area (TPSA) is 46.2 Å². The van der Waals surface area contributed by atoms with Crippen LogP contribution in [0.3, 0.4) is 0 Å². The van der Waals surface area contributed by atoms with Crippen LogP contribution in [0.15, 0.2) is 84.9 Å². The quantitative estimate of drug-likeness (QED) is 0.697. The molecule has 0 aliphatic rings. The Labute approximate surface area is 147 Å². The van der Waals surface area contributed by atoms with E-state index in [2.05, 4.69) is 5.32 Å². The van der Waals surface area contributed by atoms with Crippen molar-refractivity contribution in [1.82, 2.24) is 5.32 Å². The maximum absolute atomic E-state index is 12.4. The monoisotopic (exact) mass is 329 g/mol. The highest BCUT2D eigenvalue weighted by Crippen LogP contribution is 2.19. The molecule has 1 atom stereocenters. The second-order valence-corrected chi connectivity index (χ2v) is 5.85. The lowest BCUT2D eigenvalue weighted by Gasteiger charge is -2.13. The molecule has 3 aromatic carbocycles. The van der Waals surface area contributed by atoms with Crippen LogP contribution in [0.1, 0.15) is 15.9 Å². The lowest BCUT2D eigenvalue weighted by atomic mass is 10.0. The Balaban J connectivity index is 1.67. The minimum Gasteiger partial charge on any atom is -0.342 e. The molecule has 25 heavy (non-hydrogen) atoms. The molecule has 124 valence electrons. The third kappa shape index (κ3) is 4.42. The van der Waals surface area contributed by atoms with Crippen molar-refractivity contribution in [3.05, 3.63) is 96.1 Å². The van der Waals surface area contributed by atoms with Crippen LogP contribution in [-0.4, -0.2) is 18.2 Å². The normalized spacial score (nSPS) is 11.5. The smallest absolute Gasteiger partial charge is 0.251 e. The zero-order chi connectivity index (χ0) is 17.5. The molecule has 1 amide bonds. The van der Waals surface area contributed by atoms with E-state index in [4.69, 9.17) is 0 Å². The van der Waals surface area contributed by atoms with Crippen LogP contribution in [0.25, 0.3) is 11.1 Å². The van der Waals surface area contributed by atoms with Crippen molar-refractivity contribution in [3.63, 3.8) is 0 Å². The summed E-state index contributed by atoms with van der Waals surface area (Å²) in [6.07, 6.45) is 1.27. The van der Waals surface area contributed by atoms with Gasteiger partial charge in [-0.15, -0.1) is 0 Å². The van der Waals surface area contributed by atoms with E-state index in [1.807, 2.05) is 72.8 Å². The Kier molecular flexibility index (Phi) is 5.37. The Morgan fingerprint density at radius 2 is 1.36 bits per heavy atom. The first-order chi connectivity index (χ1) is 12.3. The van der Waals surface area contributed by atoms with Gasteiger partial charge in [-0.3, -0.25) is 4.79 Å². The fourth-order valence-electron chi connectivity index (χ4n) is 2.70. The molecule has 0 spiro atoms. The summed E-state index contributed by atoms with van der Waals surface area (Å²) in [6.45, 7) is 0. The highest BCUT2D eigenvalue weighted by Gasteiger charge is 2.13. The molecule has 0 saturated heterocycles. The molecule has 0 radical (unpaired) electrons. The van der Waals surface area contributed by atoms with Crippen molar-refractivity contribution in [2.24, 2.45) is 0 Å². The molecule has 1 N–H and O–H groups in total. The zero-order valence-corrected chi connectivity index (χ0v) is 13.8. The second kappa shape index (κ2) is 8.06. The number of benzene rings is 3. The lowest BCUT2D eigenvalue weighted by Crippen LogP contribution is -2.37. The van der Waals surface area contributed by atoms with Gasteiger partial charge in [-0.05, 0) is 35.2 Å². The molecule has 3 rings (SSSR count). The van der Waals surface area contributed by atoms with Crippen molar-refractivity contribution >= 4 is 12.2 Å². The summed E-state index contributed by atoms with van der Waals surface area (Å²) < 4.78 is 0. The number of nitrogens with one attached hydrogen (secondary N) is 1. The largest absolute Gasteiger partial charge is 0.342 e. The molecule has 3 heteroatoms. The molecular weight excluding hydrogens is 310 g/mol. The molecule has 3 aromatic rings. The van der Waals surface area contributed by atoms with Gasteiger partial charge in [0.25, 0.3) is 5.91 Å². The van der Waals surface area contributed by atoms with Gasteiger partial charge in [0.05, 0.1) is 6.04 Å². The Hall–Kier alpha value is -3.20. The first-order valence-electron chi connectivity index (χ1n) is 8.22. The molecule has 0 fully saturated rings. The van der Waals surface area contributed by atoms with E-state index in [-0.39, 0.29) is 5.91 Å². The van der Waals surface area contributed by atoms with E-state index < -0.39 is 6.04 Å².